The Balaban J connectivity index is 1.56. The zero-order valence-electron chi connectivity index (χ0n) is 16.1. The molecular formula is C22H23ClN4O. The molecule has 0 spiro atoms. The molecule has 0 aliphatic carbocycles. The third-order valence-corrected chi connectivity index (χ3v) is 5.63. The molecule has 5 nitrogen and oxygen atoms in total. The number of hydrogen-bond acceptors (Lipinski definition) is 4. The predicted octanol–water partition coefficient (Wildman–Crippen LogP) is 3.83. The summed E-state index contributed by atoms with van der Waals surface area (Å²) in [4.78, 5) is 17.3. The fourth-order valence-corrected chi connectivity index (χ4v) is 4.12. The van der Waals surface area contributed by atoms with Crippen molar-refractivity contribution in [1.29, 1.82) is 0 Å². The number of anilines is 2. The van der Waals surface area contributed by atoms with Gasteiger partial charge in [0.2, 0.25) is 0 Å². The van der Waals surface area contributed by atoms with Gasteiger partial charge in [-0.15, -0.1) is 0 Å². The highest BCUT2D eigenvalue weighted by Crippen LogP contribution is 2.28. The number of aryl methyl sites for hydroxylation is 2. The molecule has 1 aliphatic rings. The second-order valence-corrected chi connectivity index (χ2v) is 7.49. The van der Waals surface area contributed by atoms with Crippen LogP contribution in [0.1, 0.15) is 11.1 Å². The van der Waals surface area contributed by atoms with Gasteiger partial charge in [-0.3, -0.25) is 4.79 Å². The molecule has 0 radical (unpaired) electrons. The van der Waals surface area contributed by atoms with Crippen LogP contribution in [-0.4, -0.2) is 36.0 Å². The Bertz CT molecular complexity index is 1020. The van der Waals surface area contributed by atoms with Gasteiger partial charge >= 0.3 is 0 Å². The molecule has 144 valence electrons. The van der Waals surface area contributed by atoms with E-state index in [1.807, 2.05) is 30.3 Å². The Hall–Kier alpha value is -2.79. The molecule has 1 saturated heterocycles. The van der Waals surface area contributed by atoms with E-state index in [1.165, 1.54) is 21.5 Å². The summed E-state index contributed by atoms with van der Waals surface area (Å²) in [5, 5.41) is 4.58. The van der Waals surface area contributed by atoms with Crippen molar-refractivity contribution in [2.45, 2.75) is 13.8 Å². The van der Waals surface area contributed by atoms with Crippen LogP contribution >= 0.6 is 11.6 Å². The minimum Gasteiger partial charge on any atom is -0.368 e. The maximum Gasteiger partial charge on any atom is 0.292 e. The van der Waals surface area contributed by atoms with Crippen molar-refractivity contribution in [3.8, 4) is 5.69 Å². The smallest absolute Gasteiger partial charge is 0.292 e. The number of benzene rings is 2. The lowest BCUT2D eigenvalue weighted by Gasteiger charge is -2.38. The van der Waals surface area contributed by atoms with E-state index in [1.54, 1.807) is 6.20 Å². The standard InChI is InChI=1S/C22H23ClN4O/c1-16-7-6-8-17(2)21(16)26-13-11-25(12-14-26)19-15-24-27(22(28)20(19)23)18-9-4-3-5-10-18/h3-10,15H,11-14H2,1-2H3. The molecule has 28 heavy (non-hydrogen) atoms. The molecule has 0 unspecified atom stereocenters. The molecule has 0 N–H and O–H groups in total. The van der Waals surface area contributed by atoms with Crippen molar-refractivity contribution in [3.05, 3.63) is 81.2 Å². The van der Waals surface area contributed by atoms with E-state index >= 15 is 0 Å². The predicted molar refractivity (Wildman–Crippen MR) is 115 cm³/mol. The Labute approximate surface area is 169 Å². The van der Waals surface area contributed by atoms with Gasteiger partial charge in [0.05, 0.1) is 17.6 Å². The quantitative estimate of drug-likeness (QED) is 0.677. The van der Waals surface area contributed by atoms with Crippen molar-refractivity contribution in [1.82, 2.24) is 9.78 Å². The number of hydrogen-bond donors (Lipinski definition) is 0. The molecule has 1 fully saturated rings. The van der Waals surface area contributed by atoms with Gasteiger partial charge in [0, 0.05) is 31.9 Å². The fourth-order valence-electron chi connectivity index (χ4n) is 3.87. The van der Waals surface area contributed by atoms with Crippen LogP contribution in [0.25, 0.3) is 5.69 Å². The number of rotatable bonds is 3. The molecule has 4 rings (SSSR count). The molecule has 0 atom stereocenters. The summed E-state index contributed by atoms with van der Waals surface area (Å²) in [5.41, 5.74) is 5.02. The van der Waals surface area contributed by atoms with Gasteiger partial charge in [-0.1, -0.05) is 48.0 Å². The van der Waals surface area contributed by atoms with Crippen LogP contribution in [0.2, 0.25) is 5.02 Å². The van der Waals surface area contributed by atoms with Gasteiger partial charge < -0.3 is 9.80 Å². The van der Waals surface area contributed by atoms with Crippen LogP contribution in [-0.2, 0) is 0 Å². The topological polar surface area (TPSA) is 41.4 Å². The van der Waals surface area contributed by atoms with E-state index in [4.69, 9.17) is 11.6 Å². The normalized spacial score (nSPS) is 14.4. The summed E-state index contributed by atoms with van der Waals surface area (Å²) in [6.07, 6.45) is 1.70. The summed E-state index contributed by atoms with van der Waals surface area (Å²) in [6, 6.07) is 15.7. The number of para-hydroxylation sites is 2. The van der Waals surface area contributed by atoms with Crippen LogP contribution < -0.4 is 15.4 Å². The van der Waals surface area contributed by atoms with Crippen molar-refractivity contribution in [2.75, 3.05) is 36.0 Å². The van der Waals surface area contributed by atoms with Crippen LogP contribution in [0.15, 0.2) is 59.5 Å². The van der Waals surface area contributed by atoms with E-state index in [9.17, 15) is 4.79 Å². The summed E-state index contributed by atoms with van der Waals surface area (Å²) in [7, 11) is 0. The lowest BCUT2D eigenvalue weighted by Crippen LogP contribution is -2.47. The Morgan fingerprint density at radius 1 is 0.857 bits per heavy atom. The monoisotopic (exact) mass is 394 g/mol. The second-order valence-electron chi connectivity index (χ2n) is 7.11. The van der Waals surface area contributed by atoms with Crippen LogP contribution in [0.5, 0.6) is 0 Å². The second kappa shape index (κ2) is 7.68. The highest BCUT2D eigenvalue weighted by atomic mass is 35.5. The summed E-state index contributed by atoms with van der Waals surface area (Å²) < 4.78 is 1.35. The third kappa shape index (κ3) is 3.38. The Kier molecular flexibility index (Phi) is 5.09. The molecule has 1 aliphatic heterocycles. The molecule has 0 saturated carbocycles. The third-order valence-electron chi connectivity index (χ3n) is 5.28. The summed E-state index contributed by atoms with van der Waals surface area (Å²) in [5.74, 6) is 0. The first-order chi connectivity index (χ1) is 13.6. The first-order valence-corrected chi connectivity index (χ1v) is 9.83. The van der Waals surface area contributed by atoms with E-state index in [0.717, 1.165) is 26.2 Å². The van der Waals surface area contributed by atoms with Crippen molar-refractivity contribution in [2.24, 2.45) is 0 Å². The van der Waals surface area contributed by atoms with E-state index in [2.05, 4.69) is 46.9 Å². The number of halogens is 1. The average molecular weight is 395 g/mol. The minimum atomic E-state index is -0.289. The number of nitrogens with zero attached hydrogens (tertiary/aromatic N) is 4. The molecule has 6 heteroatoms. The van der Waals surface area contributed by atoms with Crippen LogP contribution in [0, 0.1) is 13.8 Å². The summed E-state index contributed by atoms with van der Waals surface area (Å²) >= 11 is 6.46. The Morgan fingerprint density at radius 2 is 1.46 bits per heavy atom. The molecule has 0 amide bonds. The van der Waals surface area contributed by atoms with Crippen molar-refractivity contribution < 1.29 is 0 Å². The molecular weight excluding hydrogens is 372 g/mol. The molecule has 2 aromatic carbocycles. The zero-order valence-corrected chi connectivity index (χ0v) is 16.9. The highest BCUT2D eigenvalue weighted by Gasteiger charge is 2.23. The largest absolute Gasteiger partial charge is 0.368 e. The van der Waals surface area contributed by atoms with E-state index in [0.29, 0.717) is 11.4 Å². The van der Waals surface area contributed by atoms with E-state index < -0.39 is 0 Å². The van der Waals surface area contributed by atoms with Gasteiger partial charge in [-0.05, 0) is 37.1 Å². The van der Waals surface area contributed by atoms with Gasteiger partial charge in [0.1, 0.15) is 5.02 Å². The fraction of sp³-hybridized carbons (Fsp3) is 0.273. The highest BCUT2D eigenvalue weighted by molar-refractivity contribution is 6.33. The minimum absolute atomic E-state index is 0.222. The van der Waals surface area contributed by atoms with Gasteiger partial charge in [0.15, 0.2) is 0 Å². The summed E-state index contributed by atoms with van der Waals surface area (Å²) in [6.45, 7) is 7.65. The molecule has 3 aromatic rings. The SMILES string of the molecule is Cc1cccc(C)c1N1CCN(c2cnn(-c3ccccc3)c(=O)c2Cl)CC1. The molecule has 1 aromatic heterocycles. The molecule has 2 heterocycles. The van der Waals surface area contributed by atoms with E-state index in [-0.39, 0.29) is 10.6 Å². The number of aromatic nitrogens is 2. The number of piperazine rings is 1. The maximum atomic E-state index is 12.7. The first-order valence-electron chi connectivity index (χ1n) is 9.45. The lowest BCUT2D eigenvalue weighted by molar-refractivity contribution is 0.647. The average Bonchev–Trinajstić information content (AvgIpc) is 2.71. The van der Waals surface area contributed by atoms with Crippen molar-refractivity contribution >= 4 is 23.0 Å². The van der Waals surface area contributed by atoms with Crippen LogP contribution in [0.4, 0.5) is 11.4 Å². The van der Waals surface area contributed by atoms with Gasteiger partial charge in [-0.2, -0.15) is 9.78 Å². The Morgan fingerprint density at radius 3 is 2.11 bits per heavy atom. The van der Waals surface area contributed by atoms with Crippen LogP contribution in [0.3, 0.4) is 0 Å². The zero-order chi connectivity index (χ0) is 19.7. The van der Waals surface area contributed by atoms with Crippen molar-refractivity contribution in [3.63, 3.8) is 0 Å². The molecule has 0 bridgehead atoms. The maximum absolute atomic E-state index is 12.7. The lowest BCUT2D eigenvalue weighted by atomic mass is 10.1. The van der Waals surface area contributed by atoms with Gasteiger partial charge in [0.25, 0.3) is 5.56 Å². The van der Waals surface area contributed by atoms with Gasteiger partial charge in [-0.25, -0.2) is 0 Å². The first kappa shape index (κ1) is 18.6.